The van der Waals surface area contributed by atoms with Gasteiger partial charge in [-0.3, -0.25) is 9.48 Å². The van der Waals surface area contributed by atoms with Gasteiger partial charge >= 0.3 is 5.97 Å². The maximum absolute atomic E-state index is 12.4. The number of nitrogens with one attached hydrogen (secondary N) is 1. The molecule has 1 fully saturated rings. The molecule has 122 valence electrons. The molecule has 1 aromatic rings. The Labute approximate surface area is 130 Å². The van der Waals surface area contributed by atoms with E-state index in [1.165, 1.54) is 0 Å². The van der Waals surface area contributed by atoms with Crippen LogP contribution in [0.2, 0.25) is 0 Å². The minimum Gasteiger partial charge on any atom is -0.480 e. The quantitative estimate of drug-likeness (QED) is 0.887. The van der Waals surface area contributed by atoms with Crippen LogP contribution in [0.3, 0.4) is 0 Å². The molecule has 0 aromatic carbocycles. The summed E-state index contributed by atoms with van der Waals surface area (Å²) in [6.07, 6.45) is 2.84. The van der Waals surface area contributed by atoms with Crippen molar-refractivity contribution in [3.05, 3.63) is 17.0 Å². The summed E-state index contributed by atoms with van der Waals surface area (Å²) in [7, 11) is 1.84. The number of amides is 1. The van der Waals surface area contributed by atoms with Gasteiger partial charge in [0.25, 0.3) is 0 Å². The molecule has 6 nitrogen and oxygen atoms in total. The molecule has 1 aromatic heterocycles. The van der Waals surface area contributed by atoms with Crippen molar-refractivity contribution < 1.29 is 14.7 Å². The number of carboxylic acids is 1. The first-order valence-corrected chi connectivity index (χ1v) is 7.78. The molecule has 0 saturated heterocycles. The lowest BCUT2D eigenvalue weighted by Crippen LogP contribution is -2.56. The molecule has 0 bridgehead atoms. The summed E-state index contributed by atoms with van der Waals surface area (Å²) in [6, 6.07) is 0. The molecule has 1 aliphatic rings. The summed E-state index contributed by atoms with van der Waals surface area (Å²) in [5, 5.41) is 16.7. The summed E-state index contributed by atoms with van der Waals surface area (Å²) in [5.74, 6) is -0.643. The third-order valence-corrected chi connectivity index (χ3v) is 4.91. The average Bonchev–Trinajstić information content (AvgIpc) is 2.68. The lowest BCUT2D eigenvalue weighted by Gasteiger charge is -2.36. The zero-order chi connectivity index (χ0) is 16.5. The van der Waals surface area contributed by atoms with E-state index >= 15 is 0 Å². The molecular weight excluding hydrogens is 282 g/mol. The highest BCUT2D eigenvalue weighted by Gasteiger charge is 2.42. The van der Waals surface area contributed by atoms with Gasteiger partial charge in [0, 0.05) is 18.3 Å². The predicted octanol–water partition coefficient (Wildman–Crippen LogP) is 1.73. The Balaban J connectivity index is 2.11. The van der Waals surface area contributed by atoms with Crippen molar-refractivity contribution in [2.45, 2.75) is 58.4 Å². The average molecular weight is 307 g/mol. The lowest BCUT2D eigenvalue weighted by molar-refractivity contribution is -0.149. The van der Waals surface area contributed by atoms with Gasteiger partial charge in [-0.05, 0) is 45.4 Å². The summed E-state index contributed by atoms with van der Waals surface area (Å²) in [4.78, 5) is 24.1. The van der Waals surface area contributed by atoms with Crippen LogP contribution in [0, 0.1) is 19.8 Å². The van der Waals surface area contributed by atoms with E-state index in [2.05, 4.69) is 17.3 Å². The summed E-state index contributed by atoms with van der Waals surface area (Å²) in [5.41, 5.74) is 1.53. The maximum atomic E-state index is 12.4. The second kappa shape index (κ2) is 6.10. The zero-order valence-corrected chi connectivity index (χ0v) is 13.8. The van der Waals surface area contributed by atoms with Crippen molar-refractivity contribution in [3.63, 3.8) is 0 Å². The normalized spacial score (nSPS) is 25.0. The highest BCUT2D eigenvalue weighted by atomic mass is 16.4. The van der Waals surface area contributed by atoms with Gasteiger partial charge in [0.2, 0.25) is 5.91 Å². The Bertz CT molecular complexity index is 584. The number of aromatic nitrogens is 2. The molecule has 2 rings (SSSR count). The number of carbonyl (C=O) groups is 2. The van der Waals surface area contributed by atoms with Crippen molar-refractivity contribution >= 4 is 11.9 Å². The van der Waals surface area contributed by atoms with E-state index in [4.69, 9.17) is 0 Å². The van der Waals surface area contributed by atoms with Crippen LogP contribution >= 0.6 is 0 Å². The second-order valence-electron chi connectivity index (χ2n) is 6.57. The fourth-order valence-corrected chi connectivity index (χ4v) is 3.19. The van der Waals surface area contributed by atoms with Crippen molar-refractivity contribution in [2.24, 2.45) is 13.0 Å². The van der Waals surface area contributed by atoms with Crippen LogP contribution < -0.4 is 5.32 Å². The number of aryl methyl sites for hydroxylation is 2. The zero-order valence-electron chi connectivity index (χ0n) is 13.8. The molecule has 0 radical (unpaired) electrons. The number of aliphatic carboxylic acids is 1. The number of hydrogen-bond acceptors (Lipinski definition) is 3. The molecular formula is C16H25N3O3. The highest BCUT2D eigenvalue weighted by molar-refractivity contribution is 5.88. The van der Waals surface area contributed by atoms with E-state index < -0.39 is 11.5 Å². The fourth-order valence-electron chi connectivity index (χ4n) is 3.19. The van der Waals surface area contributed by atoms with Gasteiger partial charge in [0.05, 0.1) is 12.1 Å². The van der Waals surface area contributed by atoms with Crippen LogP contribution in [0.25, 0.3) is 0 Å². The van der Waals surface area contributed by atoms with Gasteiger partial charge in [-0.1, -0.05) is 6.92 Å². The summed E-state index contributed by atoms with van der Waals surface area (Å²) < 4.78 is 1.74. The van der Waals surface area contributed by atoms with Crippen molar-refractivity contribution in [2.75, 3.05) is 0 Å². The lowest BCUT2D eigenvalue weighted by atomic mass is 9.77. The number of carbonyl (C=O) groups excluding carboxylic acids is 1. The summed E-state index contributed by atoms with van der Waals surface area (Å²) in [6.45, 7) is 5.90. The second-order valence-corrected chi connectivity index (χ2v) is 6.57. The SMILES string of the molecule is Cc1nn(C)c(C)c1CC(=O)NC1(C(=O)O)CCC(C)CC1. The molecule has 22 heavy (non-hydrogen) atoms. The van der Waals surface area contributed by atoms with Crippen LogP contribution in [0.1, 0.15) is 49.6 Å². The van der Waals surface area contributed by atoms with Crippen molar-refractivity contribution in [3.8, 4) is 0 Å². The first-order chi connectivity index (χ1) is 10.2. The van der Waals surface area contributed by atoms with Crippen LogP contribution in [0.5, 0.6) is 0 Å². The maximum Gasteiger partial charge on any atom is 0.329 e. The van der Waals surface area contributed by atoms with E-state index in [0.29, 0.717) is 18.8 Å². The number of rotatable bonds is 4. The number of nitrogens with zero attached hydrogens (tertiary/aromatic N) is 2. The molecule has 2 N–H and O–H groups in total. The molecule has 1 heterocycles. The smallest absolute Gasteiger partial charge is 0.329 e. The van der Waals surface area contributed by atoms with Gasteiger partial charge in [0.15, 0.2) is 0 Å². The number of hydrogen-bond donors (Lipinski definition) is 2. The fraction of sp³-hybridized carbons (Fsp3) is 0.688. The Morgan fingerprint density at radius 3 is 2.41 bits per heavy atom. The molecule has 0 unspecified atom stereocenters. The van der Waals surface area contributed by atoms with E-state index in [1.807, 2.05) is 20.9 Å². The topological polar surface area (TPSA) is 84.2 Å². The monoisotopic (exact) mass is 307 g/mol. The van der Waals surface area contributed by atoms with E-state index in [1.54, 1.807) is 4.68 Å². The highest BCUT2D eigenvalue weighted by Crippen LogP contribution is 2.32. The standard InChI is InChI=1S/C16H25N3O3/c1-10-5-7-16(8-6-10,15(21)22)17-14(20)9-13-11(2)18-19(4)12(13)3/h10H,5-9H2,1-4H3,(H,17,20)(H,21,22). The van der Waals surface area contributed by atoms with Crippen molar-refractivity contribution in [1.82, 2.24) is 15.1 Å². The minimum absolute atomic E-state index is 0.177. The number of carboxylic acid groups (broad SMARTS) is 1. The molecule has 1 saturated carbocycles. The Morgan fingerprint density at radius 2 is 1.95 bits per heavy atom. The van der Waals surface area contributed by atoms with Gasteiger partial charge in [-0.25, -0.2) is 4.79 Å². The van der Waals surface area contributed by atoms with E-state index in [0.717, 1.165) is 29.8 Å². The van der Waals surface area contributed by atoms with Crippen LogP contribution in [0.4, 0.5) is 0 Å². The van der Waals surface area contributed by atoms with Gasteiger partial charge in [-0.15, -0.1) is 0 Å². The van der Waals surface area contributed by atoms with Crippen LogP contribution in [0.15, 0.2) is 0 Å². The van der Waals surface area contributed by atoms with Gasteiger partial charge in [-0.2, -0.15) is 5.10 Å². The molecule has 0 spiro atoms. The first kappa shape index (κ1) is 16.5. The van der Waals surface area contributed by atoms with Gasteiger partial charge in [0.1, 0.15) is 5.54 Å². The molecule has 0 aliphatic heterocycles. The Hall–Kier alpha value is -1.85. The Morgan fingerprint density at radius 1 is 1.36 bits per heavy atom. The molecule has 1 aliphatic carbocycles. The minimum atomic E-state index is -1.10. The van der Waals surface area contributed by atoms with Crippen molar-refractivity contribution in [1.29, 1.82) is 0 Å². The first-order valence-electron chi connectivity index (χ1n) is 7.78. The van der Waals surface area contributed by atoms with E-state index in [-0.39, 0.29) is 12.3 Å². The molecule has 0 atom stereocenters. The van der Waals surface area contributed by atoms with Crippen LogP contribution in [-0.2, 0) is 23.1 Å². The predicted molar refractivity (Wildman–Crippen MR) is 82.5 cm³/mol. The third-order valence-electron chi connectivity index (χ3n) is 4.91. The Kier molecular flexibility index (Phi) is 4.58. The van der Waals surface area contributed by atoms with E-state index in [9.17, 15) is 14.7 Å². The summed E-state index contributed by atoms with van der Waals surface area (Å²) >= 11 is 0. The third kappa shape index (κ3) is 3.15. The van der Waals surface area contributed by atoms with Gasteiger partial charge < -0.3 is 10.4 Å². The molecule has 1 amide bonds. The van der Waals surface area contributed by atoms with Crippen LogP contribution in [-0.4, -0.2) is 32.3 Å². The largest absolute Gasteiger partial charge is 0.480 e. The molecule has 6 heteroatoms.